The van der Waals surface area contributed by atoms with Gasteiger partial charge in [0.25, 0.3) is 0 Å². The highest BCUT2D eigenvalue weighted by Crippen LogP contribution is 2.38. The number of aliphatic hydroxyl groups is 1. The van der Waals surface area contributed by atoms with Gasteiger partial charge in [0.1, 0.15) is 0 Å². The average Bonchev–Trinajstić information content (AvgIpc) is 2.24. The van der Waals surface area contributed by atoms with Crippen LogP contribution in [0.4, 0.5) is 26.3 Å². The Kier molecular flexibility index (Phi) is 3.70. The van der Waals surface area contributed by atoms with Gasteiger partial charge in [0.15, 0.2) is 6.29 Å². The Morgan fingerprint density at radius 1 is 1.06 bits per heavy atom. The fraction of sp³-hybridized carbons (Fsp3) is 0.300. The van der Waals surface area contributed by atoms with Crippen molar-refractivity contribution in [1.29, 1.82) is 0 Å². The molecule has 0 fully saturated rings. The summed E-state index contributed by atoms with van der Waals surface area (Å²) in [6.07, 6.45) is -10.3. The van der Waals surface area contributed by atoms with E-state index in [1.807, 2.05) is 0 Å². The van der Waals surface area contributed by atoms with Crippen LogP contribution in [-0.2, 0) is 19.0 Å². The standard InChI is InChI=1S/C10H6F6O2/c11-9(12,13)6-1-5(3-17)7(4-18)8(2-6)10(14,15)16/h1-2,4,17H,3H2. The molecule has 0 aliphatic carbocycles. The minimum Gasteiger partial charge on any atom is -0.392 e. The summed E-state index contributed by atoms with van der Waals surface area (Å²) in [4.78, 5) is 10.5. The van der Waals surface area contributed by atoms with Gasteiger partial charge in [0, 0.05) is 5.56 Å². The van der Waals surface area contributed by atoms with E-state index in [4.69, 9.17) is 5.11 Å². The van der Waals surface area contributed by atoms with Crippen LogP contribution in [0.3, 0.4) is 0 Å². The van der Waals surface area contributed by atoms with Crippen LogP contribution < -0.4 is 0 Å². The van der Waals surface area contributed by atoms with Crippen molar-refractivity contribution >= 4 is 6.29 Å². The molecular weight excluding hydrogens is 266 g/mol. The highest BCUT2D eigenvalue weighted by atomic mass is 19.4. The highest BCUT2D eigenvalue weighted by molar-refractivity contribution is 5.80. The van der Waals surface area contributed by atoms with Gasteiger partial charge in [-0.05, 0) is 17.7 Å². The zero-order valence-electron chi connectivity index (χ0n) is 8.56. The van der Waals surface area contributed by atoms with E-state index in [-0.39, 0.29) is 12.4 Å². The van der Waals surface area contributed by atoms with Gasteiger partial charge in [-0.2, -0.15) is 26.3 Å². The number of rotatable bonds is 2. The molecule has 1 N–H and O–H groups in total. The minimum absolute atomic E-state index is 0.150. The lowest BCUT2D eigenvalue weighted by Gasteiger charge is -2.16. The van der Waals surface area contributed by atoms with Crippen LogP contribution in [0.25, 0.3) is 0 Å². The van der Waals surface area contributed by atoms with Crippen molar-refractivity contribution in [2.75, 3.05) is 0 Å². The maximum Gasteiger partial charge on any atom is 0.417 e. The summed E-state index contributed by atoms with van der Waals surface area (Å²) in [7, 11) is 0. The summed E-state index contributed by atoms with van der Waals surface area (Å²) in [5.41, 5.74) is -4.98. The second kappa shape index (κ2) is 4.60. The Hall–Kier alpha value is -1.57. The molecule has 100 valence electrons. The molecule has 0 saturated heterocycles. The molecule has 0 radical (unpaired) electrons. The van der Waals surface area contributed by atoms with E-state index in [9.17, 15) is 31.1 Å². The second-order valence-corrected chi connectivity index (χ2v) is 3.37. The van der Waals surface area contributed by atoms with Crippen molar-refractivity contribution in [2.24, 2.45) is 0 Å². The van der Waals surface area contributed by atoms with E-state index in [1.165, 1.54) is 0 Å². The zero-order valence-corrected chi connectivity index (χ0v) is 8.56. The van der Waals surface area contributed by atoms with E-state index < -0.39 is 41.2 Å². The summed E-state index contributed by atoms with van der Waals surface area (Å²) in [6, 6.07) is 0.169. The molecule has 0 unspecified atom stereocenters. The van der Waals surface area contributed by atoms with Crippen LogP contribution in [-0.4, -0.2) is 11.4 Å². The first kappa shape index (κ1) is 14.5. The Labute approximate surface area is 96.8 Å². The molecular formula is C10H6F6O2. The van der Waals surface area contributed by atoms with Crippen molar-refractivity contribution in [3.8, 4) is 0 Å². The van der Waals surface area contributed by atoms with E-state index in [1.54, 1.807) is 0 Å². The van der Waals surface area contributed by atoms with E-state index >= 15 is 0 Å². The number of carbonyl (C=O) groups excluding carboxylic acids is 1. The lowest BCUT2D eigenvalue weighted by molar-refractivity contribution is -0.143. The van der Waals surface area contributed by atoms with Gasteiger partial charge in [-0.15, -0.1) is 0 Å². The highest BCUT2D eigenvalue weighted by Gasteiger charge is 2.39. The maximum atomic E-state index is 12.5. The van der Waals surface area contributed by atoms with Gasteiger partial charge in [-0.25, -0.2) is 0 Å². The second-order valence-electron chi connectivity index (χ2n) is 3.37. The first-order valence-corrected chi connectivity index (χ1v) is 4.48. The Morgan fingerprint density at radius 3 is 1.94 bits per heavy atom. The first-order chi connectivity index (χ1) is 8.11. The molecule has 0 bridgehead atoms. The number of benzene rings is 1. The van der Waals surface area contributed by atoms with Crippen molar-refractivity contribution < 1.29 is 36.2 Å². The van der Waals surface area contributed by atoms with E-state index in [2.05, 4.69) is 0 Å². The number of hydrogen-bond acceptors (Lipinski definition) is 2. The Morgan fingerprint density at radius 2 is 1.61 bits per heavy atom. The lowest BCUT2D eigenvalue weighted by Crippen LogP contribution is -2.15. The predicted molar refractivity (Wildman–Crippen MR) is 47.8 cm³/mol. The lowest BCUT2D eigenvalue weighted by atomic mass is 9.98. The smallest absolute Gasteiger partial charge is 0.392 e. The van der Waals surface area contributed by atoms with Gasteiger partial charge in [-0.3, -0.25) is 4.79 Å². The maximum absolute atomic E-state index is 12.5. The third-order valence-corrected chi connectivity index (χ3v) is 2.19. The number of aldehydes is 1. The third kappa shape index (κ3) is 2.81. The van der Waals surface area contributed by atoms with Crippen LogP contribution in [0.1, 0.15) is 27.0 Å². The summed E-state index contributed by atoms with van der Waals surface area (Å²) in [5.74, 6) is 0. The molecule has 8 heteroatoms. The quantitative estimate of drug-likeness (QED) is 0.663. The number of halogens is 6. The Balaban J connectivity index is 3.62. The fourth-order valence-corrected chi connectivity index (χ4v) is 1.38. The topological polar surface area (TPSA) is 37.3 Å². The minimum atomic E-state index is -5.11. The third-order valence-electron chi connectivity index (χ3n) is 2.19. The fourth-order valence-electron chi connectivity index (χ4n) is 1.38. The average molecular weight is 272 g/mol. The van der Waals surface area contributed by atoms with Crippen LogP contribution in [0.5, 0.6) is 0 Å². The largest absolute Gasteiger partial charge is 0.417 e. The van der Waals surface area contributed by atoms with Crippen LogP contribution >= 0.6 is 0 Å². The summed E-state index contributed by atoms with van der Waals surface area (Å²) >= 11 is 0. The number of carbonyl (C=O) groups is 1. The van der Waals surface area contributed by atoms with Gasteiger partial charge in [0.05, 0.1) is 17.7 Å². The van der Waals surface area contributed by atoms with Crippen LogP contribution in [0, 0.1) is 0 Å². The van der Waals surface area contributed by atoms with Crippen LogP contribution in [0.15, 0.2) is 12.1 Å². The SMILES string of the molecule is O=Cc1c(CO)cc(C(F)(F)F)cc1C(F)(F)F. The van der Waals surface area contributed by atoms with Crippen molar-refractivity contribution in [1.82, 2.24) is 0 Å². The monoisotopic (exact) mass is 272 g/mol. The molecule has 0 spiro atoms. The van der Waals surface area contributed by atoms with Crippen molar-refractivity contribution in [2.45, 2.75) is 19.0 Å². The van der Waals surface area contributed by atoms with E-state index in [0.29, 0.717) is 6.07 Å². The predicted octanol–water partition coefficient (Wildman–Crippen LogP) is 3.03. The molecule has 0 amide bonds. The molecule has 0 aliphatic heterocycles. The molecule has 1 rings (SSSR count). The van der Waals surface area contributed by atoms with Crippen LogP contribution in [0.2, 0.25) is 0 Å². The zero-order chi connectivity index (χ0) is 14.1. The van der Waals surface area contributed by atoms with Crippen molar-refractivity contribution in [3.63, 3.8) is 0 Å². The molecule has 0 atom stereocenters. The molecule has 0 aromatic heterocycles. The normalized spacial score (nSPS) is 12.6. The molecule has 18 heavy (non-hydrogen) atoms. The van der Waals surface area contributed by atoms with Gasteiger partial charge in [-0.1, -0.05) is 0 Å². The summed E-state index contributed by atoms with van der Waals surface area (Å²) in [5, 5.41) is 8.74. The summed E-state index contributed by atoms with van der Waals surface area (Å²) < 4.78 is 74.6. The number of alkyl halides is 6. The molecule has 0 saturated carbocycles. The summed E-state index contributed by atoms with van der Waals surface area (Å²) in [6.45, 7) is -1.10. The van der Waals surface area contributed by atoms with Gasteiger partial charge in [0.2, 0.25) is 0 Å². The van der Waals surface area contributed by atoms with Crippen molar-refractivity contribution in [3.05, 3.63) is 34.4 Å². The number of hydrogen-bond donors (Lipinski definition) is 1. The first-order valence-electron chi connectivity index (χ1n) is 4.48. The molecule has 1 aromatic carbocycles. The molecule has 1 aromatic rings. The van der Waals surface area contributed by atoms with Gasteiger partial charge >= 0.3 is 12.4 Å². The molecule has 2 nitrogen and oxygen atoms in total. The van der Waals surface area contributed by atoms with Gasteiger partial charge < -0.3 is 5.11 Å². The molecule has 0 aliphatic rings. The van der Waals surface area contributed by atoms with E-state index in [0.717, 1.165) is 0 Å². The Bertz CT molecular complexity index is 461. The molecule has 0 heterocycles. The number of aliphatic hydroxyl groups excluding tert-OH is 1.